The number of hydrogen-bond donors (Lipinski definition) is 0. The van der Waals surface area contributed by atoms with Crippen LogP contribution in [0.5, 0.6) is 5.75 Å². The summed E-state index contributed by atoms with van der Waals surface area (Å²) in [7, 11) is 1.70. The Morgan fingerprint density at radius 2 is 1.81 bits per heavy atom. The lowest BCUT2D eigenvalue weighted by Crippen LogP contribution is -2.38. The van der Waals surface area contributed by atoms with E-state index in [1.807, 2.05) is 36.6 Å². The van der Waals surface area contributed by atoms with E-state index >= 15 is 0 Å². The van der Waals surface area contributed by atoms with Crippen molar-refractivity contribution in [2.75, 3.05) is 20.2 Å². The maximum Gasteiger partial charge on any atom is 0.222 e. The van der Waals surface area contributed by atoms with Gasteiger partial charge in [0.25, 0.3) is 0 Å². The van der Waals surface area contributed by atoms with Crippen LogP contribution >= 0.6 is 0 Å². The number of carbonyl (C=O) groups excluding carboxylic acids is 1. The van der Waals surface area contributed by atoms with Gasteiger partial charge in [0.2, 0.25) is 5.91 Å². The number of carbonyl (C=O) groups is 1. The van der Waals surface area contributed by atoms with E-state index in [1.165, 1.54) is 12.0 Å². The normalized spacial score (nSPS) is 14.8. The Bertz CT molecular complexity index is 1080. The van der Waals surface area contributed by atoms with Crippen molar-refractivity contribution in [3.8, 4) is 5.75 Å². The molecule has 3 heterocycles. The largest absolute Gasteiger partial charge is 0.497 e. The molecule has 4 rings (SSSR count). The van der Waals surface area contributed by atoms with Gasteiger partial charge in [0.1, 0.15) is 5.75 Å². The summed E-state index contributed by atoms with van der Waals surface area (Å²) < 4.78 is 7.13. The van der Waals surface area contributed by atoms with Gasteiger partial charge in [-0.15, -0.1) is 0 Å². The molecule has 6 heteroatoms. The SMILES string of the molecule is COc1ccc(CCC2CCN(C(=O)CCc3c(C)nc4cc(C)nn4c3C)CC2)cc1. The number of ether oxygens (including phenoxy) is 1. The van der Waals surface area contributed by atoms with E-state index in [0.29, 0.717) is 12.3 Å². The number of amides is 1. The van der Waals surface area contributed by atoms with E-state index < -0.39 is 0 Å². The molecule has 6 nitrogen and oxygen atoms in total. The zero-order valence-electron chi connectivity index (χ0n) is 19.7. The first-order chi connectivity index (χ1) is 15.4. The first-order valence-corrected chi connectivity index (χ1v) is 11.7. The quantitative estimate of drug-likeness (QED) is 0.551. The summed E-state index contributed by atoms with van der Waals surface area (Å²) in [5.41, 5.74) is 6.43. The molecule has 0 unspecified atom stereocenters. The van der Waals surface area contributed by atoms with Crippen LogP contribution in [-0.4, -0.2) is 45.6 Å². The molecule has 3 aromatic rings. The summed E-state index contributed by atoms with van der Waals surface area (Å²) in [5, 5.41) is 4.54. The molecule has 1 aromatic carbocycles. The molecule has 0 spiro atoms. The average Bonchev–Trinajstić information content (AvgIpc) is 3.18. The summed E-state index contributed by atoms with van der Waals surface area (Å²) in [4.78, 5) is 19.6. The second-order valence-corrected chi connectivity index (χ2v) is 9.03. The highest BCUT2D eigenvalue weighted by molar-refractivity contribution is 5.76. The van der Waals surface area contributed by atoms with Crippen molar-refractivity contribution < 1.29 is 9.53 Å². The molecule has 0 atom stereocenters. The predicted octanol–water partition coefficient (Wildman–Crippen LogP) is 4.47. The Balaban J connectivity index is 1.26. The molecule has 0 saturated carbocycles. The third-order valence-corrected chi connectivity index (χ3v) is 6.84. The summed E-state index contributed by atoms with van der Waals surface area (Å²) in [6.45, 7) is 7.83. The highest BCUT2D eigenvalue weighted by Crippen LogP contribution is 2.24. The van der Waals surface area contributed by atoms with Crippen LogP contribution in [0.4, 0.5) is 0 Å². The van der Waals surface area contributed by atoms with Crippen LogP contribution in [0, 0.1) is 26.7 Å². The van der Waals surface area contributed by atoms with Gasteiger partial charge >= 0.3 is 0 Å². The predicted molar refractivity (Wildman–Crippen MR) is 126 cm³/mol. The van der Waals surface area contributed by atoms with Crippen LogP contribution in [0.1, 0.15) is 53.9 Å². The summed E-state index contributed by atoms with van der Waals surface area (Å²) in [6.07, 6.45) is 5.71. The second kappa shape index (κ2) is 9.72. The number of rotatable bonds is 7. The molecule has 0 N–H and O–H groups in total. The first kappa shape index (κ1) is 22.3. The van der Waals surface area contributed by atoms with E-state index in [-0.39, 0.29) is 5.91 Å². The lowest BCUT2D eigenvalue weighted by molar-refractivity contribution is -0.132. The maximum absolute atomic E-state index is 12.9. The summed E-state index contributed by atoms with van der Waals surface area (Å²) in [5.74, 6) is 1.86. The van der Waals surface area contributed by atoms with E-state index in [9.17, 15) is 4.79 Å². The fraction of sp³-hybridized carbons (Fsp3) is 0.500. The van der Waals surface area contributed by atoms with Crippen LogP contribution in [0.2, 0.25) is 0 Å². The molecule has 0 bridgehead atoms. The van der Waals surface area contributed by atoms with E-state index in [4.69, 9.17) is 4.74 Å². The van der Waals surface area contributed by atoms with Gasteiger partial charge in [-0.3, -0.25) is 4.79 Å². The van der Waals surface area contributed by atoms with Crippen LogP contribution in [0.15, 0.2) is 30.3 Å². The van der Waals surface area contributed by atoms with Crippen molar-refractivity contribution in [2.24, 2.45) is 5.92 Å². The minimum atomic E-state index is 0.258. The monoisotopic (exact) mass is 434 g/mol. The van der Waals surface area contributed by atoms with Crippen molar-refractivity contribution in [1.82, 2.24) is 19.5 Å². The van der Waals surface area contributed by atoms with Gasteiger partial charge in [-0.1, -0.05) is 12.1 Å². The van der Waals surface area contributed by atoms with E-state index in [2.05, 4.69) is 34.0 Å². The highest BCUT2D eigenvalue weighted by Gasteiger charge is 2.23. The number of aromatic nitrogens is 3. The van der Waals surface area contributed by atoms with Crippen LogP contribution < -0.4 is 4.74 Å². The van der Waals surface area contributed by atoms with Gasteiger partial charge in [-0.25, -0.2) is 9.50 Å². The minimum absolute atomic E-state index is 0.258. The lowest BCUT2D eigenvalue weighted by Gasteiger charge is -2.32. The molecule has 1 aliphatic heterocycles. The molecule has 0 radical (unpaired) electrons. The molecule has 32 heavy (non-hydrogen) atoms. The fourth-order valence-corrected chi connectivity index (χ4v) is 4.83. The summed E-state index contributed by atoms with van der Waals surface area (Å²) in [6, 6.07) is 10.4. The Hall–Kier alpha value is -2.89. The van der Waals surface area contributed by atoms with Gasteiger partial charge in [-0.05, 0) is 82.1 Å². The highest BCUT2D eigenvalue weighted by atomic mass is 16.5. The average molecular weight is 435 g/mol. The number of piperidine rings is 1. The molecule has 1 aliphatic rings. The van der Waals surface area contributed by atoms with E-state index in [0.717, 1.165) is 72.8 Å². The van der Waals surface area contributed by atoms with Crippen LogP contribution in [0.3, 0.4) is 0 Å². The zero-order valence-corrected chi connectivity index (χ0v) is 19.7. The molecule has 0 aliphatic carbocycles. The standard InChI is InChI=1S/C26H34N4O2/c1-18-17-25-27-19(2)24(20(3)30(25)28-18)11-12-26(31)29-15-13-22(14-16-29)6-5-21-7-9-23(32-4)10-8-21/h7-10,17,22H,5-6,11-16H2,1-4H3. The van der Waals surface area contributed by atoms with Gasteiger partial charge in [0, 0.05) is 37.0 Å². The number of fused-ring (bicyclic) bond motifs is 1. The van der Waals surface area contributed by atoms with Crippen molar-refractivity contribution in [3.05, 3.63) is 58.5 Å². The lowest BCUT2D eigenvalue weighted by atomic mass is 9.90. The summed E-state index contributed by atoms with van der Waals surface area (Å²) >= 11 is 0. The number of aryl methyl sites for hydroxylation is 4. The molecule has 1 amide bonds. The van der Waals surface area contributed by atoms with Gasteiger partial charge in [0.15, 0.2) is 5.65 Å². The van der Waals surface area contributed by atoms with Crippen molar-refractivity contribution in [3.63, 3.8) is 0 Å². The van der Waals surface area contributed by atoms with Gasteiger partial charge in [0.05, 0.1) is 12.8 Å². The third kappa shape index (κ3) is 4.95. The molecule has 1 fully saturated rings. The fourth-order valence-electron chi connectivity index (χ4n) is 4.83. The molecular formula is C26H34N4O2. The topological polar surface area (TPSA) is 59.7 Å². The second-order valence-electron chi connectivity index (χ2n) is 9.03. The van der Waals surface area contributed by atoms with Crippen molar-refractivity contribution in [2.45, 2.75) is 59.3 Å². The Kier molecular flexibility index (Phi) is 6.77. The van der Waals surface area contributed by atoms with Gasteiger partial charge < -0.3 is 9.64 Å². The molecule has 170 valence electrons. The molecular weight excluding hydrogens is 400 g/mol. The van der Waals surface area contributed by atoms with Gasteiger partial charge in [-0.2, -0.15) is 5.10 Å². The van der Waals surface area contributed by atoms with Crippen LogP contribution in [0.25, 0.3) is 5.65 Å². The van der Waals surface area contributed by atoms with Crippen molar-refractivity contribution in [1.29, 1.82) is 0 Å². The Morgan fingerprint density at radius 1 is 1.09 bits per heavy atom. The molecule has 1 saturated heterocycles. The smallest absolute Gasteiger partial charge is 0.222 e. The zero-order chi connectivity index (χ0) is 22.7. The van der Waals surface area contributed by atoms with Crippen LogP contribution in [-0.2, 0) is 17.6 Å². The number of nitrogens with zero attached hydrogens (tertiary/aromatic N) is 4. The van der Waals surface area contributed by atoms with E-state index in [1.54, 1.807) is 7.11 Å². The Morgan fingerprint density at radius 3 is 2.50 bits per heavy atom. The van der Waals surface area contributed by atoms with Crippen molar-refractivity contribution >= 4 is 11.6 Å². The minimum Gasteiger partial charge on any atom is -0.497 e. The third-order valence-electron chi connectivity index (χ3n) is 6.84. The number of likely N-dealkylation sites (tertiary alicyclic amines) is 1. The Labute approximate surface area is 190 Å². The first-order valence-electron chi connectivity index (χ1n) is 11.7. The maximum atomic E-state index is 12.9. The number of methoxy groups -OCH3 is 1. The number of benzene rings is 1. The molecule has 2 aromatic heterocycles. The number of hydrogen-bond acceptors (Lipinski definition) is 4.